The molecule has 144 valence electrons. The summed E-state index contributed by atoms with van der Waals surface area (Å²) in [5.74, 6) is -1.74. The van der Waals surface area contributed by atoms with Crippen molar-refractivity contribution >= 4 is 17.7 Å². The number of hydrogen-bond donors (Lipinski definition) is 2. The molecule has 0 fully saturated rings. The Morgan fingerprint density at radius 3 is 2.54 bits per heavy atom. The largest absolute Gasteiger partial charge is 0.444 e. The molecule has 1 aromatic carbocycles. The summed E-state index contributed by atoms with van der Waals surface area (Å²) in [6.45, 7) is 3.77. The molecule has 0 aromatic heterocycles. The number of fused-ring (bicyclic) bond motifs is 1. The van der Waals surface area contributed by atoms with Crippen LogP contribution in [0.4, 0.5) is 23.7 Å². The van der Waals surface area contributed by atoms with Crippen LogP contribution in [0.3, 0.4) is 0 Å². The van der Waals surface area contributed by atoms with Crippen LogP contribution in [-0.2, 0) is 16.1 Å². The first-order chi connectivity index (χ1) is 11.9. The van der Waals surface area contributed by atoms with E-state index in [1.807, 2.05) is 5.32 Å². The summed E-state index contributed by atoms with van der Waals surface area (Å²) in [7, 11) is 0. The number of amides is 2. The predicted molar refractivity (Wildman–Crippen MR) is 89.3 cm³/mol. The third kappa shape index (κ3) is 5.27. The van der Waals surface area contributed by atoms with Gasteiger partial charge in [-0.3, -0.25) is 4.79 Å². The lowest BCUT2D eigenvalue weighted by molar-refractivity contribution is -0.139. The minimum atomic E-state index is -4.51. The third-order valence-electron chi connectivity index (χ3n) is 3.74. The number of benzene rings is 1. The zero-order valence-corrected chi connectivity index (χ0v) is 14.8. The molecule has 1 aromatic rings. The fraction of sp³-hybridized carbons (Fsp3) is 0.529. The average molecular weight is 373 g/mol. The van der Waals surface area contributed by atoms with E-state index in [0.717, 1.165) is 0 Å². The molecule has 1 unspecified atom stereocenters. The Morgan fingerprint density at radius 2 is 1.96 bits per heavy atom. The molecule has 6 nitrogen and oxygen atoms in total. The van der Waals surface area contributed by atoms with Gasteiger partial charge < -0.3 is 20.7 Å². The van der Waals surface area contributed by atoms with Crippen molar-refractivity contribution in [2.75, 3.05) is 18.8 Å². The number of anilines is 1. The second kappa shape index (κ2) is 7.05. The minimum Gasteiger partial charge on any atom is -0.444 e. The van der Waals surface area contributed by atoms with E-state index in [0.29, 0.717) is 16.8 Å². The number of halogens is 3. The van der Waals surface area contributed by atoms with Crippen LogP contribution >= 0.6 is 0 Å². The molecule has 0 aliphatic carbocycles. The number of nitrogens with one attached hydrogen (secondary N) is 1. The van der Waals surface area contributed by atoms with Gasteiger partial charge in [0.2, 0.25) is 5.91 Å². The monoisotopic (exact) mass is 373 g/mol. The second-order valence-corrected chi connectivity index (χ2v) is 7.20. The van der Waals surface area contributed by atoms with Crippen molar-refractivity contribution in [3.05, 3.63) is 29.3 Å². The molecule has 26 heavy (non-hydrogen) atoms. The Kier molecular flexibility index (Phi) is 5.39. The van der Waals surface area contributed by atoms with Crippen LogP contribution in [0.2, 0.25) is 0 Å². The first kappa shape index (κ1) is 19.9. The first-order valence-electron chi connectivity index (χ1n) is 8.06. The van der Waals surface area contributed by atoms with Gasteiger partial charge in [0.1, 0.15) is 12.1 Å². The molecule has 0 radical (unpaired) electrons. The summed E-state index contributed by atoms with van der Waals surface area (Å²) >= 11 is 0. The molecular formula is C17H22F3N3O3. The van der Waals surface area contributed by atoms with Gasteiger partial charge in [-0.25, -0.2) is 4.79 Å². The van der Waals surface area contributed by atoms with Crippen molar-refractivity contribution in [2.24, 2.45) is 0 Å². The Morgan fingerprint density at radius 1 is 1.31 bits per heavy atom. The summed E-state index contributed by atoms with van der Waals surface area (Å²) in [6, 6.07) is 4.79. The molecule has 9 heteroatoms. The van der Waals surface area contributed by atoms with Gasteiger partial charge in [-0.15, -0.1) is 0 Å². The molecule has 2 amide bonds. The van der Waals surface area contributed by atoms with Gasteiger partial charge in [0.05, 0.1) is 5.92 Å². The highest BCUT2D eigenvalue weighted by molar-refractivity contribution is 5.86. The lowest BCUT2D eigenvalue weighted by atomic mass is 9.88. The van der Waals surface area contributed by atoms with Crippen LogP contribution in [0.1, 0.15) is 37.8 Å². The predicted octanol–water partition coefficient (Wildman–Crippen LogP) is 2.78. The highest BCUT2D eigenvalue weighted by Crippen LogP contribution is 2.31. The maximum atomic E-state index is 12.4. The quantitative estimate of drug-likeness (QED) is 0.781. The molecule has 1 atom stereocenters. The van der Waals surface area contributed by atoms with Crippen LogP contribution in [-0.4, -0.2) is 41.8 Å². The number of carbonyl (C=O) groups is 2. The zero-order chi connectivity index (χ0) is 19.7. The van der Waals surface area contributed by atoms with E-state index < -0.39 is 36.2 Å². The minimum absolute atomic E-state index is 0.0739. The van der Waals surface area contributed by atoms with Crippen molar-refractivity contribution in [3.63, 3.8) is 0 Å². The molecule has 0 saturated heterocycles. The second-order valence-electron chi connectivity index (χ2n) is 7.20. The molecule has 0 spiro atoms. The van der Waals surface area contributed by atoms with Gasteiger partial charge in [0, 0.05) is 18.8 Å². The van der Waals surface area contributed by atoms with Gasteiger partial charge in [-0.2, -0.15) is 13.2 Å². The number of hydrogen-bond acceptors (Lipinski definition) is 4. The fourth-order valence-electron chi connectivity index (χ4n) is 2.69. The van der Waals surface area contributed by atoms with E-state index in [4.69, 9.17) is 10.5 Å². The molecular weight excluding hydrogens is 351 g/mol. The van der Waals surface area contributed by atoms with E-state index >= 15 is 0 Å². The number of carbonyl (C=O) groups excluding carboxylic acids is 2. The van der Waals surface area contributed by atoms with E-state index in [9.17, 15) is 22.8 Å². The standard InChI is InChI=1S/C17H22F3N3O3/c1-16(2,3)26-15(25)23-7-10-6-11(21)4-5-12(10)13(8-23)14(24)22-9-17(18,19)20/h4-6,13H,7-9,21H2,1-3H3,(H,22,24). The van der Waals surface area contributed by atoms with Crippen molar-refractivity contribution < 1.29 is 27.5 Å². The fourth-order valence-corrected chi connectivity index (χ4v) is 2.69. The van der Waals surface area contributed by atoms with E-state index in [2.05, 4.69) is 0 Å². The highest BCUT2D eigenvalue weighted by Gasteiger charge is 2.36. The van der Waals surface area contributed by atoms with E-state index in [1.165, 1.54) is 4.90 Å². The molecule has 3 N–H and O–H groups in total. The van der Waals surface area contributed by atoms with Gasteiger partial charge in [0.25, 0.3) is 0 Å². The van der Waals surface area contributed by atoms with Crippen LogP contribution in [0, 0.1) is 0 Å². The van der Waals surface area contributed by atoms with Crippen molar-refractivity contribution in [3.8, 4) is 0 Å². The van der Waals surface area contributed by atoms with Crippen LogP contribution in [0.25, 0.3) is 0 Å². The molecule has 0 bridgehead atoms. The van der Waals surface area contributed by atoms with Crippen molar-refractivity contribution in [2.45, 2.75) is 45.0 Å². The van der Waals surface area contributed by atoms with Gasteiger partial charge in [0.15, 0.2) is 0 Å². The zero-order valence-electron chi connectivity index (χ0n) is 14.8. The van der Waals surface area contributed by atoms with Crippen molar-refractivity contribution in [1.82, 2.24) is 10.2 Å². The molecule has 1 aliphatic rings. The Bertz CT molecular complexity index is 699. The summed E-state index contributed by atoms with van der Waals surface area (Å²) in [4.78, 5) is 26.0. The Labute approximate surface area is 149 Å². The van der Waals surface area contributed by atoms with Crippen LogP contribution in [0.15, 0.2) is 18.2 Å². The number of nitrogen functional groups attached to an aromatic ring is 1. The maximum absolute atomic E-state index is 12.4. The van der Waals surface area contributed by atoms with Crippen molar-refractivity contribution in [1.29, 1.82) is 0 Å². The Hall–Kier alpha value is -2.45. The number of rotatable bonds is 2. The topological polar surface area (TPSA) is 84.7 Å². The summed E-state index contributed by atoms with van der Waals surface area (Å²) in [6.07, 6.45) is -5.15. The normalized spacial score (nSPS) is 17.5. The Balaban J connectivity index is 2.26. The van der Waals surface area contributed by atoms with Gasteiger partial charge >= 0.3 is 12.3 Å². The van der Waals surface area contributed by atoms with Gasteiger partial charge in [-0.1, -0.05) is 6.07 Å². The number of ether oxygens (including phenoxy) is 1. The number of alkyl halides is 3. The van der Waals surface area contributed by atoms with Crippen LogP contribution < -0.4 is 11.1 Å². The third-order valence-corrected chi connectivity index (χ3v) is 3.74. The molecule has 2 rings (SSSR count). The molecule has 1 aliphatic heterocycles. The van der Waals surface area contributed by atoms with E-state index in [-0.39, 0.29) is 13.1 Å². The summed E-state index contributed by atoms with van der Waals surface area (Å²) in [5, 5.41) is 1.88. The van der Waals surface area contributed by atoms with E-state index in [1.54, 1.807) is 39.0 Å². The van der Waals surface area contributed by atoms with Crippen LogP contribution in [0.5, 0.6) is 0 Å². The molecule has 0 saturated carbocycles. The lowest BCUT2D eigenvalue weighted by Gasteiger charge is -2.35. The maximum Gasteiger partial charge on any atom is 0.410 e. The summed E-state index contributed by atoms with van der Waals surface area (Å²) < 4.78 is 42.5. The van der Waals surface area contributed by atoms with Gasteiger partial charge in [-0.05, 0) is 44.0 Å². The number of nitrogens with zero attached hydrogens (tertiary/aromatic N) is 1. The summed E-state index contributed by atoms with van der Waals surface area (Å²) in [5.41, 5.74) is 6.62. The highest BCUT2D eigenvalue weighted by atomic mass is 19.4. The average Bonchev–Trinajstić information content (AvgIpc) is 2.48. The molecule has 1 heterocycles. The lowest BCUT2D eigenvalue weighted by Crippen LogP contribution is -2.46. The first-order valence-corrected chi connectivity index (χ1v) is 8.06. The number of nitrogens with two attached hydrogens (primary N) is 1. The SMILES string of the molecule is CC(C)(C)OC(=O)N1Cc2cc(N)ccc2C(C(=O)NCC(F)(F)F)C1. The smallest absolute Gasteiger partial charge is 0.410 e.